The summed E-state index contributed by atoms with van der Waals surface area (Å²) >= 11 is 0. The van der Waals surface area contributed by atoms with Gasteiger partial charge in [0.2, 0.25) is 5.91 Å². The smallest absolute Gasteiger partial charge is 0.224 e. The monoisotopic (exact) mass is 351 g/mol. The van der Waals surface area contributed by atoms with Crippen LogP contribution in [0.1, 0.15) is 18.4 Å². The number of unbranched alkanes of at least 4 members (excludes halogenated alkanes) is 1. The quantitative estimate of drug-likeness (QED) is 0.607. The fourth-order valence-corrected chi connectivity index (χ4v) is 2.77. The van der Waals surface area contributed by atoms with Gasteiger partial charge in [0.25, 0.3) is 0 Å². The molecule has 4 heteroatoms. The first-order valence-corrected chi connectivity index (χ1v) is 8.83. The van der Waals surface area contributed by atoms with Crippen molar-refractivity contribution in [3.05, 3.63) is 78.1 Å². The second-order valence-corrected chi connectivity index (χ2v) is 6.22. The summed E-state index contributed by atoms with van der Waals surface area (Å²) in [7, 11) is 0. The number of nitrogens with one attached hydrogen (secondary N) is 1. The standard InChI is InChI=1S/C22H22FNO2/c23-20-9-11-21(12-10-20)26-14-4-3-13-24-22(25)16-17-7-8-18-5-1-2-6-19(18)15-17/h1-2,5-12,15H,3-4,13-14,16H2,(H,24,25). The molecule has 3 aromatic rings. The number of hydrogen-bond donors (Lipinski definition) is 1. The van der Waals surface area contributed by atoms with Crippen LogP contribution in [0.3, 0.4) is 0 Å². The molecule has 0 radical (unpaired) electrons. The van der Waals surface area contributed by atoms with Gasteiger partial charge in [-0.15, -0.1) is 0 Å². The molecule has 0 aliphatic carbocycles. The number of halogens is 1. The van der Waals surface area contributed by atoms with Crippen LogP contribution >= 0.6 is 0 Å². The Kier molecular flexibility index (Phi) is 6.20. The highest BCUT2D eigenvalue weighted by Gasteiger charge is 2.04. The third kappa shape index (κ3) is 5.31. The number of amides is 1. The van der Waals surface area contributed by atoms with E-state index in [1.54, 1.807) is 12.1 Å². The molecule has 0 saturated heterocycles. The van der Waals surface area contributed by atoms with Gasteiger partial charge in [0.1, 0.15) is 11.6 Å². The Morgan fingerprint density at radius 1 is 0.923 bits per heavy atom. The van der Waals surface area contributed by atoms with Gasteiger partial charge in [-0.2, -0.15) is 0 Å². The van der Waals surface area contributed by atoms with E-state index in [0.29, 0.717) is 25.3 Å². The molecule has 1 N–H and O–H groups in total. The van der Waals surface area contributed by atoms with Crippen LogP contribution in [0.5, 0.6) is 5.75 Å². The Labute approximate surface area is 152 Å². The van der Waals surface area contributed by atoms with Gasteiger partial charge in [0, 0.05) is 6.54 Å². The summed E-state index contributed by atoms with van der Waals surface area (Å²) in [5.74, 6) is 0.415. The minimum atomic E-state index is -0.272. The number of carbonyl (C=O) groups is 1. The highest BCUT2D eigenvalue weighted by atomic mass is 19.1. The lowest BCUT2D eigenvalue weighted by molar-refractivity contribution is -0.120. The zero-order valence-corrected chi connectivity index (χ0v) is 14.6. The molecule has 134 valence electrons. The third-order valence-electron chi connectivity index (χ3n) is 4.15. The number of benzene rings is 3. The normalized spacial score (nSPS) is 10.7. The maximum absolute atomic E-state index is 12.8. The molecule has 3 rings (SSSR count). The van der Waals surface area contributed by atoms with E-state index in [1.165, 1.54) is 17.5 Å². The minimum Gasteiger partial charge on any atom is -0.494 e. The molecule has 0 aromatic heterocycles. The molecule has 3 nitrogen and oxygen atoms in total. The fraction of sp³-hybridized carbons (Fsp3) is 0.227. The Bertz CT molecular complexity index is 861. The first-order chi connectivity index (χ1) is 12.7. The summed E-state index contributed by atoms with van der Waals surface area (Å²) in [5.41, 5.74) is 1.01. The zero-order chi connectivity index (χ0) is 18.2. The molecule has 0 saturated carbocycles. The molecule has 0 spiro atoms. The van der Waals surface area contributed by atoms with Crippen molar-refractivity contribution in [3.63, 3.8) is 0 Å². The van der Waals surface area contributed by atoms with Crippen molar-refractivity contribution in [3.8, 4) is 5.75 Å². The van der Waals surface area contributed by atoms with E-state index in [-0.39, 0.29) is 11.7 Å². The Morgan fingerprint density at radius 2 is 1.69 bits per heavy atom. The summed E-state index contributed by atoms with van der Waals surface area (Å²) in [6.45, 7) is 1.17. The van der Waals surface area contributed by atoms with Crippen molar-refractivity contribution in [2.24, 2.45) is 0 Å². The van der Waals surface area contributed by atoms with Crippen LogP contribution in [0.4, 0.5) is 4.39 Å². The Morgan fingerprint density at radius 3 is 2.50 bits per heavy atom. The molecule has 1 amide bonds. The SMILES string of the molecule is O=C(Cc1ccc2ccccc2c1)NCCCCOc1ccc(F)cc1. The molecule has 0 aliphatic heterocycles. The van der Waals surface area contributed by atoms with Crippen molar-refractivity contribution in [1.82, 2.24) is 5.32 Å². The number of rotatable bonds is 8. The second-order valence-electron chi connectivity index (χ2n) is 6.22. The highest BCUT2D eigenvalue weighted by Crippen LogP contribution is 2.16. The van der Waals surface area contributed by atoms with Crippen LogP contribution in [0.2, 0.25) is 0 Å². The van der Waals surface area contributed by atoms with Crippen molar-refractivity contribution >= 4 is 16.7 Å². The first-order valence-electron chi connectivity index (χ1n) is 8.83. The van der Waals surface area contributed by atoms with E-state index in [4.69, 9.17) is 4.74 Å². The average Bonchev–Trinajstić information content (AvgIpc) is 2.66. The maximum Gasteiger partial charge on any atom is 0.224 e. The summed E-state index contributed by atoms with van der Waals surface area (Å²) in [4.78, 5) is 12.1. The number of fused-ring (bicyclic) bond motifs is 1. The van der Waals surface area contributed by atoms with E-state index in [2.05, 4.69) is 23.5 Å². The van der Waals surface area contributed by atoms with E-state index < -0.39 is 0 Å². The fourth-order valence-electron chi connectivity index (χ4n) is 2.77. The van der Waals surface area contributed by atoms with Crippen LogP contribution in [0, 0.1) is 5.82 Å². The second kappa shape index (κ2) is 8.99. The van der Waals surface area contributed by atoms with Gasteiger partial charge in [-0.1, -0.05) is 42.5 Å². The van der Waals surface area contributed by atoms with E-state index in [0.717, 1.165) is 23.8 Å². The van der Waals surface area contributed by atoms with E-state index >= 15 is 0 Å². The molecule has 0 unspecified atom stereocenters. The first kappa shape index (κ1) is 17.9. The lowest BCUT2D eigenvalue weighted by Gasteiger charge is -2.08. The Hall–Kier alpha value is -2.88. The van der Waals surface area contributed by atoms with Gasteiger partial charge in [-0.05, 0) is 53.4 Å². The molecule has 0 atom stereocenters. The van der Waals surface area contributed by atoms with E-state index in [9.17, 15) is 9.18 Å². The predicted molar refractivity (Wildman–Crippen MR) is 102 cm³/mol. The molecule has 0 bridgehead atoms. The van der Waals surface area contributed by atoms with Gasteiger partial charge in [-0.3, -0.25) is 4.79 Å². The maximum atomic E-state index is 12.8. The van der Waals surface area contributed by atoms with Crippen molar-refractivity contribution in [1.29, 1.82) is 0 Å². The lowest BCUT2D eigenvalue weighted by atomic mass is 10.0. The topological polar surface area (TPSA) is 38.3 Å². The van der Waals surface area contributed by atoms with Crippen molar-refractivity contribution in [2.45, 2.75) is 19.3 Å². The van der Waals surface area contributed by atoms with Crippen LogP contribution in [-0.2, 0) is 11.2 Å². The highest BCUT2D eigenvalue weighted by molar-refractivity contribution is 5.85. The van der Waals surface area contributed by atoms with Gasteiger partial charge < -0.3 is 10.1 Å². The molecule has 0 aliphatic rings. The number of hydrogen-bond acceptors (Lipinski definition) is 2. The molecule has 0 heterocycles. The largest absolute Gasteiger partial charge is 0.494 e. The molecular weight excluding hydrogens is 329 g/mol. The number of ether oxygens (including phenoxy) is 1. The molecular formula is C22H22FNO2. The van der Waals surface area contributed by atoms with Crippen LogP contribution in [-0.4, -0.2) is 19.1 Å². The van der Waals surface area contributed by atoms with E-state index in [1.807, 2.05) is 24.3 Å². The molecule has 0 fully saturated rings. The summed E-state index contributed by atoms with van der Waals surface area (Å²) in [5, 5.41) is 5.27. The third-order valence-corrected chi connectivity index (χ3v) is 4.15. The van der Waals surface area contributed by atoms with Crippen LogP contribution in [0.15, 0.2) is 66.7 Å². The van der Waals surface area contributed by atoms with Gasteiger partial charge in [-0.25, -0.2) is 4.39 Å². The van der Waals surface area contributed by atoms with Gasteiger partial charge in [0.15, 0.2) is 0 Å². The Balaban J connectivity index is 1.34. The van der Waals surface area contributed by atoms with Crippen LogP contribution < -0.4 is 10.1 Å². The van der Waals surface area contributed by atoms with Crippen molar-refractivity contribution < 1.29 is 13.9 Å². The van der Waals surface area contributed by atoms with Gasteiger partial charge in [0.05, 0.1) is 13.0 Å². The zero-order valence-electron chi connectivity index (χ0n) is 14.6. The summed E-state index contributed by atoms with van der Waals surface area (Å²) < 4.78 is 18.3. The summed E-state index contributed by atoms with van der Waals surface area (Å²) in [6.07, 6.45) is 2.05. The van der Waals surface area contributed by atoms with Crippen molar-refractivity contribution in [2.75, 3.05) is 13.2 Å². The predicted octanol–water partition coefficient (Wildman–Crippen LogP) is 4.50. The lowest BCUT2D eigenvalue weighted by Crippen LogP contribution is -2.26. The minimum absolute atomic E-state index is 0.0275. The van der Waals surface area contributed by atoms with Crippen LogP contribution in [0.25, 0.3) is 10.8 Å². The molecule has 3 aromatic carbocycles. The molecule has 26 heavy (non-hydrogen) atoms. The number of carbonyl (C=O) groups excluding carboxylic acids is 1. The average molecular weight is 351 g/mol. The summed E-state index contributed by atoms with van der Waals surface area (Å²) in [6, 6.07) is 20.2. The van der Waals surface area contributed by atoms with Gasteiger partial charge >= 0.3 is 0 Å².